The van der Waals surface area contributed by atoms with Gasteiger partial charge >= 0.3 is 0 Å². The van der Waals surface area contributed by atoms with Crippen molar-refractivity contribution in [2.45, 2.75) is 78.6 Å². The van der Waals surface area contributed by atoms with Gasteiger partial charge in [-0.2, -0.15) is 0 Å². The number of aromatic hydroxyl groups is 1. The molecule has 0 unspecified atom stereocenters. The number of imidazole rings is 1. The number of phenols is 1. The van der Waals surface area contributed by atoms with E-state index in [0.717, 1.165) is 99.8 Å². The van der Waals surface area contributed by atoms with Crippen molar-refractivity contribution in [2.75, 3.05) is 0 Å². The summed E-state index contributed by atoms with van der Waals surface area (Å²) in [5.41, 5.74) is 15.8. The molecule has 3 heterocycles. The van der Waals surface area contributed by atoms with Gasteiger partial charge in [0.1, 0.15) is 17.2 Å². The van der Waals surface area contributed by atoms with Gasteiger partial charge in [0, 0.05) is 33.0 Å². The zero-order chi connectivity index (χ0) is 48.0. The van der Waals surface area contributed by atoms with Gasteiger partial charge < -0.3 is 9.52 Å². The Morgan fingerprint density at radius 2 is 1.14 bits per heavy atom. The minimum Gasteiger partial charge on any atom is -0.507 e. The Bertz CT molecular complexity index is 3780. The van der Waals surface area contributed by atoms with Crippen molar-refractivity contribution in [3.05, 3.63) is 193 Å². The van der Waals surface area contributed by atoms with Gasteiger partial charge in [0.05, 0.1) is 34.2 Å². The van der Waals surface area contributed by atoms with Crippen molar-refractivity contribution in [3.8, 4) is 67.5 Å². The highest BCUT2D eigenvalue weighted by Crippen LogP contribution is 2.47. The zero-order valence-corrected chi connectivity index (χ0v) is 40.9. The number of nitrogens with zero attached hydrogens (tertiary/aromatic N) is 3. The SMILES string of the molecule is CC(C)(C)c1ccc(-n2c(-c3cc(C(C)(C)C)cc(C(C)(C)C)c3O)nc3c(-c4cc(-c5ccccc5)cc(-c5cc6c(cn5)oc5ccc7ccccc7c56)c4)cccc32)c(-c2ccccc2)c1. The van der Waals surface area contributed by atoms with E-state index in [-0.39, 0.29) is 22.0 Å². The molecule has 5 nitrogen and oxygen atoms in total. The highest BCUT2D eigenvalue weighted by molar-refractivity contribution is 6.19. The van der Waals surface area contributed by atoms with Crippen molar-refractivity contribution in [1.82, 2.24) is 14.5 Å². The van der Waals surface area contributed by atoms with Crippen LogP contribution in [0.4, 0.5) is 0 Å². The van der Waals surface area contributed by atoms with Crippen LogP contribution in [0.3, 0.4) is 0 Å². The highest BCUT2D eigenvalue weighted by Gasteiger charge is 2.30. The van der Waals surface area contributed by atoms with Gasteiger partial charge in [0.2, 0.25) is 0 Å². The molecule has 5 heteroatoms. The Morgan fingerprint density at radius 1 is 0.478 bits per heavy atom. The van der Waals surface area contributed by atoms with E-state index in [1.807, 2.05) is 6.20 Å². The van der Waals surface area contributed by atoms with Crippen molar-refractivity contribution in [2.24, 2.45) is 0 Å². The Labute approximate surface area is 404 Å². The molecule has 3 aromatic heterocycles. The van der Waals surface area contributed by atoms with Gasteiger partial charge in [-0.25, -0.2) is 4.98 Å². The first-order valence-corrected chi connectivity index (χ1v) is 24.0. The van der Waals surface area contributed by atoms with Crippen molar-refractivity contribution in [3.63, 3.8) is 0 Å². The fourth-order valence-electron chi connectivity index (χ4n) is 9.95. The minimum atomic E-state index is -0.340. The monoisotopic (exact) mass is 899 g/mol. The molecule has 0 amide bonds. The summed E-state index contributed by atoms with van der Waals surface area (Å²) in [5.74, 6) is 0.924. The second-order valence-electron chi connectivity index (χ2n) is 21.7. The number of fused-ring (bicyclic) bond motifs is 6. The van der Waals surface area contributed by atoms with Gasteiger partial charge in [-0.1, -0.05) is 178 Å². The normalized spacial score (nSPS) is 12.5. The highest BCUT2D eigenvalue weighted by atomic mass is 16.3. The third-order valence-electron chi connectivity index (χ3n) is 13.8. The molecule has 0 saturated carbocycles. The molecule has 69 heavy (non-hydrogen) atoms. The lowest BCUT2D eigenvalue weighted by molar-refractivity contribution is 0.446. The third kappa shape index (κ3) is 7.76. The summed E-state index contributed by atoms with van der Waals surface area (Å²) >= 11 is 0. The number of furan rings is 1. The molecular weight excluding hydrogens is 843 g/mol. The lowest BCUT2D eigenvalue weighted by Gasteiger charge is -2.28. The standard InChI is InChI=1S/C64H57N3O2/c1-62(2,3)45-28-29-54(49(34-45)40-21-14-11-15-22-40)67-55-26-18-25-48(59(55)66-61(67)51-35-46(63(4,5)6)36-52(60(51)68)64(7,8)9)43-31-42(39-19-12-10-13-20-39)32-44(33-43)53-37-50-57(38-65-53)69-56-30-27-41-23-16-17-24-47(41)58(50)56/h10-38,68H,1-9H3. The lowest BCUT2D eigenvalue weighted by atomic mass is 9.79. The molecule has 8 aromatic carbocycles. The lowest BCUT2D eigenvalue weighted by Crippen LogP contribution is -2.17. The van der Waals surface area contributed by atoms with E-state index in [1.165, 1.54) is 10.9 Å². The second-order valence-corrected chi connectivity index (χ2v) is 21.7. The van der Waals surface area contributed by atoms with Crippen molar-refractivity contribution >= 4 is 43.7 Å². The second kappa shape index (κ2) is 16.2. The zero-order valence-electron chi connectivity index (χ0n) is 40.9. The van der Waals surface area contributed by atoms with Crippen LogP contribution in [-0.4, -0.2) is 19.6 Å². The Morgan fingerprint density at radius 3 is 1.87 bits per heavy atom. The molecule has 11 aromatic rings. The number of para-hydroxylation sites is 1. The quantitative estimate of drug-likeness (QED) is 0.181. The Hall–Kier alpha value is -7.76. The summed E-state index contributed by atoms with van der Waals surface area (Å²) < 4.78 is 8.69. The van der Waals surface area contributed by atoms with Crippen molar-refractivity contribution < 1.29 is 9.52 Å². The van der Waals surface area contributed by atoms with Crippen LogP contribution < -0.4 is 0 Å². The van der Waals surface area contributed by atoms with Crippen LogP contribution in [0.2, 0.25) is 0 Å². The van der Waals surface area contributed by atoms with E-state index in [0.29, 0.717) is 11.4 Å². The maximum absolute atomic E-state index is 12.6. The van der Waals surface area contributed by atoms with Crippen LogP contribution >= 0.6 is 0 Å². The number of hydrogen-bond acceptors (Lipinski definition) is 4. The van der Waals surface area contributed by atoms with Gasteiger partial charge in [-0.3, -0.25) is 9.55 Å². The summed E-state index contributed by atoms with van der Waals surface area (Å²) in [4.78, 5) is 10.8. The predicted octanol–water partition coefficient (Wildman–Crippen LogP) is 17.4. The molecule has 0 atom stereocenters. The van der Waals surface area contributed by atoms with Crippen LogP contribution in [0.25, 0.3) is 105 Å². The van der Waals surface area contributed by atoms with Crippen LogP contribution in [0.5, 0.6) is 5.75 Å². The largest absolute Gasteiger partial charge is 0.507 e. The summed E-state index contributed by atoms with van der Waals surface area (Å²) in [7, 11) is 0. The molecule has 340 valence electrons. The molecule has 0 spiro atoms. The molecule has 1 N–H and O–H groups in total. The van der Waals surface area contributed by atoms with E-state index in [4.69, 9.17) is 14.4 Å². The predicted molar refractivity (Wildman–Crippen MR) is 289 cm³/mol. The molecule has 0 saturated heterocycles. The first-order chi connectivity index (χ1) is 33.0. The summed E-state index contributed by atoms with van der Waals surface area (Å²) in [6.45, 7) is 20.0. The van der Waals surface area contributed by atoms with Gasteiger partial charge in [0.25, 0.3) is 0 Å². The summed E-state index contributed by atoms with van der Waals surface area (Å²) in [6, 6.07) is 60.4. The van der Waals surface area contributed by atoms with E-state index in [1.54, 1.807) is 0 Å². The van der Waals surface area contributed by atoms with E-state index in [9.17, 15) is 5.11 Å². The molecular formula is C64H57N3O2. The van der Waals surface area contributed by atoms with Gasteiger partial charge in [-0.15, -0.1) is 0 Å². The van der Waals surface area contributed by atoms with Gasteiger partial charge in [0.15, 0.2) is 5.58 Å². The average Bonchev–Trinajstić information content (AvgIpc) is 3.92. The maximum atomic E-state index is 12.6. The maximum Gasteiger partial charge on any atom is 0.153 e. The molecule has 0 aliphatic heterocycles. The average molecular weight is 900 g/mol. The first kappa shape index (κ1) is 43.8. The van der Waals surface area contributed by atoms with Crippen molar-refractivity contribution in [1.29, 1.82) is 0 Å². The number of hydrogen-bond donors (Lipinski definition) is 1. The Balaban J connectivity index is 1.21. The number of benzene rings is 8. The van der Waals surface area contributed by atoms with Gasteiger partial charge in [-0.05, 0) is 115 Å². The number of pyridine rings is 1. The molecule has 0 aliphatic rings. The number of phenolic OH excluding ortho intramolecular Hbond substituents is 1. The fraction of sp³-hybridized carbons (Fsp3) is 0.188. The van der Waals surface area contributed by atoms with E-state index < -0.39 is 0 Å². The van der Waals surface area contributed by atoms with E-state index >= 15 is 0 Å². The molecule has 0 bridgehead atoms. The summed E-state index contributed by atoms with van der Waals surface area (Å²) in [5, 5.41) is 17.1. The molecule has 11 rings (SSSR count). The van der Waals surface area contributed by atoms with Crippen LogP contribution in [0.15, 0.2) is 180 Å². The number of aromatic nitrogens is 3. The van der Waals surface area contributed by atoms with Crippen LogP contribution in [-0.2, 0) is 16.2 Å². The smallest absolute Gasteiger partial charge is 0.153 e. The third-order valence-corrected chi connectivity index (χ3v) is 13.8. The van der Waals surface area contributed by atoms with Crippen LogP contribution in [0, 0.1) is 0 Å². The first-order valence-electron chi connectivity index (χ1n) is 24.0. The Kier molecular flexibility index (Phi) is 10.3. The van der Waals surface area contributed by atoms with E-state index in [2.05, 4.69) is 237 Å². The fourth-order valence-corrected chi connectivity index (χ4v) is 9.95. The molecule has 0 aliphatic carbocycles. The minimum absolute atomic E-state index is 0.0879. The topological polar surface area (TPSA) is 64.1 Å². The molecule has 0 radical (unpaired) electrons. The molecule has 0 fully saturated rings. The summed E-state index contributed by atoms with van der Waals surface area (Å²) in [6.07, 6.45) is 1.86. The number of rotatable bonds is 6. The van der Waals surface area contributed by atoms with Crippen LogP contribution in [0.1, 0.15) is 79.0 Å².